The Kier molecular flexibility index (Phi) is 6.27. The number of hydrogen-bond donors (Lipinski definition) is 2. The zero-order chi connectivity index (χ0) is 19.9. The summed E-state index contributed by atoms with van der Waals surface area (Å²) in [6.45, 7) is 4.49. The van der Waals surface area contributed by atoms with E-state index >= 15 is 0 Å². The Bertz CT molecular complexity index is 955. The first kappa shape index (κ1) is 19.4. The van der Waals surface area contributed by atoms with Crippen LogP contribution in [-0.2, 0) is 11.4 Å². The van der Waals surface area contributed by atoms with Crippen molar-refractivity contribution in [3.05, 3.63) is 89.2 Å². The first-order valence-electron chi connectivity index (χ1n) is 9.08. The molecule has 144 valence electrons. The molecule has 0 unspecified atom stereocenters. The van der Waals surface area contributed by atoms with Crippen LogP contribution in [-0.4, -0.2) is 12.5 Å². The zero-order valence-corrected chi connectivity index (χ0v) is 16.0. The zero-order valence-electron chi connectivity index (χ0n) is 16.0. The summed E-state index contributed by atoms with van der Waals surface area (Å²) in [5, 5.41) is 6.03. The predicted octanol–water partition coefficient (Wildman–Crippen LogP) is 5.07. The Morgan fingerprint density at radius 3 is 2.54 bits per heavy atom. The summed E-state index contributed by atoms with van der Waals surface area (Å²) in [6.07, 6.45) is 0. The molecule has 0 aromatic heterocycles. The standard InChI is InChI=1S/C23H23FN2O2/c1-16-5-3-8-22(17(16)2)26-23(27)14-25-20-6-4-7-21(13-20)28-15-18-9-11-19(24)12-10-18/h3-13,25H,14-15H2,1-2H3,(H,26,27). The molecule has 4 nitrogen and oxygen atoms in total. The average molecular weight is 378 g/mol. The molecule has 0 atom stereocenters. The van der Waals surface area contributed by atoms with Crippen molar-refractivity contribution in [2.75, 3.05) is 17.2 Å². The van der Waals surface area contributed by atoms with Crippen molar-refractivity contribution in [1.29, 1.82) is 0 Å². The molecule has 3 aromatic rings. The van der Waals surface area contributed by atoms with E-state index in [0.717, 1.165) is 28.1 Å². The van der Waals surface area contributed by atoms with Gasteiger partial charge in [0.25, 0.3) is 0 Å². The van der Waals surface area contributed by atoms with Crippen molar-refractivity contribution in [1.82, 2.24) is 0 Å². The van der Waals surface area contributed by atoms with Crippen LogP contribution in [0.5, 0.6) is 5.75 Å². The van der Waals surface area contributed by atoms with E-state index in [1.54, 1.807) is 12.1 Å². The highest BCUT2D eigenvalue weighted by atomic mass is 19.1. The number of amides is 1. The highest BCUT2D eigenvalue weighted by Gasteiger charge is 2.06. The van der Waals surface area contributed by atoms with E-state index in [-0.39, 0.29) is 18.3 Å². The second kappa shape index (κ2) is 9.04. The number of nitrogens with one attached hydrogen (secondary N) is 2. The lowest BCUT2D eigenvalue weighted by atomic mass is 10.1. The maximum atomic E-state index is 13.0. The molecule has 5 heteroatoms. The van der Waals surface area contributed by atoms with E-state index in [9.17, 15) is 9.18 Å². The fraction of sp³-hybridized carbons (Fsp3) is 0.174. The lowest BCUT2D eigenvalue weighted by Crippen LogP contribution is -2.22. The molecular weight excluding hydrogens is 355 g/mol. The molecule has 2 N–H and O–H groups in total. The number of carbonyl (C=O) groups excluding carboxylic acids is 1. The van der Waals surface area contributed by atoms with Crippen molar-refractivity contribution < 1.29 is 13.9 Å². The van der Waals surface area contributed by atoms with Crippen molar-refractivity contribution in [2.45, 2.75) is 20.5 Å². The molecule has 0 spiro atoms. The molecule has 3 aromatic carbocycles. The molecule has 1 amide bonds. The summed E-state index contributed by atoms with van der Waals surface area (Å²) in [5.41, 5.74) is 4.69. The third-order valence-electron chi connectivity index (χ3n) is 4.48. The SMILES string of the molecule is Cc1cccc(NC(=O)CNc2cccc(OCc3ccc(F)cc3)c2)c1C. The van der Waals surface area contributed by atoms with Gasteiger partial charge in [0, 0.05) is 17.4 Å². The monoisotopic (exact) mass is 378 g/mol. The molecule has 0 aliphatic carbocycles. The maximum absolute atomic E-state index is 13.0. The third-order valence-corrected chi connectivity index (χ3v) is 4.48. The number of carbonyl (C=O) groups is 1. The Labute approximate surface area is 164 Å². The van der Waals surface area contributed by atoms with Gasteiger partial charge in [0.05, 0.1) is 6.54 Å². The largest absolute Gasteiger partial charge is 0.489 e. The Balaban J connectivity index is 1.53. The third kappa shape index (κ3) is 5.33. The molecule has 0 aliphatic heterocycles. The second-order valence-corrected chi connectivity index (χ2v) is 6.59. The number of hydrogen-bond acceptors (Lipinski definition) is 3. The summed E-state index contributed by atoms with van der Waals surface area (Å²) >= 11 is 0. The van der Waals surface area contributed by atoms with E-state index < -0.39 is 0 Å². The van der Waals surface area contributed by atoms with Crippen molar-refractivity contribution in [2.24, 2.45) is 0 Å². The van der Waals surface area contributed by atoms with E-state index in [2.05, 4.69) is 10.6 Å². The lowest BCUT2D eigenvalue weighted by Gasteiger charge is -2.12. The highest BCUT2D eigenvalue weighted by Crippen LogP contribution is 2.20. The number of anilines is 2. The van der Waals surface area contributed by atoms with Gasteiger partial charge in [0.15, 0.2) is 0 Å². The first-order valence-corrected chi connectivity index (χ1v) is 9.08. The summed E-state index contributed by atoms with van der Waals surface area (Å²) in [4.78, 5) is 12.2. The number of halogens is 1. The molecule has 0 fully saturated rings. The topological polar surface area (TPSA) is 50.4 Å². The number of benzene rings is 3. The first-order chi connectivity index (χ1) is 13.5. The second-order valence-electron chi connectivity index (χ2n) is 6.59. The molecule has 0 bridgehead atoms. The van der Waals surface area contributed by atoms with Gasteiger partial charge in [-0.25, -0.2) is 4.39 Å². The van der Waals surface area contributed by atoms with Crippen LogP contribution in [0.1, 0.15) is 16.7 Å². The van der Waals surface area contributed by atoms with E-state index in [1.807, 2.05) is 56.3 Å². The van der Waals surface area contributed by atoms with Gasteiger partial charge in [0.2, 0.25) is 5.91 Å². The Morgan fingerprint density at radius 1 is 1.00 bits per heavy atom. The van der Waals surface area contributed by atoms with Crippen LogP contribution in [0, 0.1) is 19.7 Å². The fourth-order valence-electron chi connectivity index (χ4n) is 2.71. The van der Waals surface area contributed by atoms with Crippen molar-refractivity contribution >= 4 is 17.3 Å². The van der Waals surface area contributed by atoms with E-state index in [1.165, 1.54) is 12.1 Å². The van der Waals surface area contributed by atoms with Gasteiger partial charge in [-0.05, 0) is 60.9 Å². The van der Waals surface area contributed by atoms with Gasteiger partial charge < -0.3 is 15.4 Å². The van der Waals surface area contributed by atoms with Crippen molar-refractivity contribution in [3.63, 3.8) is 0 Å². The predicted molar refractivity (Wildman–Crippen MR) is 110 cm³/mol. The van der Waals surface area contributed by atoms with Crippen LogP contribution in [0.3, 0.4) is 0 Å². The smallest absolute Gasteiger partial charge is 0.243 e. The minimum absolute atomic E-state index is 0.119. The minimum Gasteiger partial charge on any atom is -0.489 e. The molecule has 3 rings (SSSR count). The Morgan fingerprint density at radius 2 is 1.75 bits per heavy atom. The molecule has 0 saturated carbocycles. The van der Waals surface area contributed by atoms with Crippen LogP contribution >= 0.6 is 0 Å². The summed E-state index contributed by atoms with van der Waals surface area (Å²) in [6, 6.07) is 19.4. The molecule has 0 saturated heterocycles. The number of rotatable bonds is 7. The molecule has 0 aliphatic rings. The maximum Gasteiger partial charge on any atom is 0.243 e. The summed E-state index contributed by atoms with van der Waals surface area (Å²) in [5.74, 6) is 0.282. The van der Waals surface area contributed by atoms with E-state index in [0.29, 0.717) is 12.4 Å². The van der Waals surface area contributed by atoms with Gasteiger partial charge in [-0.15, -0.1) is 0 Å². The van der Waals surface area contributed by atoms with Gasteiger partial charge in [0.1, 0.15) is 18.2 Å². The molecular formula is C23H23FN2O2. The van der Waals surface area contributed by atoms with Gasteiger partial charge >= 0.3 is 0 Å². The molecule has 28 heavy (non-hydrogen) atoms. The van der Waals surface area contributed by atoms with Crippen LogP contribution in [0.4, 0.5) is 15.8 Å². The van der Waals surface area contributed by atoms with Gasteiger partial charge in [-0.2, -0.15) is 0 Å². The van der Waals surface area contributed by atoms with Crippen LogP contribution in [0.2, 0.25) is 0 Å². The van der Waals surface area contributed by atoms with Gasteiger partial charge in [-0.3, -0.25) is 4.79 Å². The number of aryl methyl sites for hydroxylation is 1. The average Bonchev–Trinajstić information content (AvgIpc) is 2.70. The fourth-order valence-corrected chi connectivity index (χ4v) is 2.71. The molecule has 0 radical (unpaired) electrons. The van der Waals surface area contributed by atoms with Crippen LogP contribution in [0.25, 0.3) is 0 Å². The summed E-state index contributed by atoms with van der Waals surface area (Å²) < 4.78 is 18.7. The van der Waals surface area contributed by atoms with Gasteiger partial charge in [-0.1, -0.05) is 30.3 Å². The minimum atomic E-state index is -0.269. The van der Waals surface area contributed by atoms with E-state index in [4.69, 9.17) is 4.74 Å². The van der Waals surface area contributed by atoms with Crippen molar-refractivity contribution in [3.8, 4) is 5.75 Å². The normalized spacial score (nSPS) is 10.4. The van der Waals surface area contributed by atoms with Crippen LogP contribution < -0.4 is 15.4 Å². The molecule has 0 heterocycles. The summed E-state index contributed by atoms with van der Waals surface area (Å²) in [7, 11) is 0. The highest BCUT2D eigenvalue weighted by molar-refractivity contribution is 5.94. The lowest BCUT2D eigenvalue weighted by molar-refractivity contribution is -0.114. The quantitative estimate of drug-likeness (QED) is 0.603. The Hall–Kier alpha value is -3.34. The number of ether oxygens (including phenoxy) is 1. The van der Waals surface area contributed by atoms with Crippen LogP contribution in [0.15, 0.2) is 66.7 Å².